The standard InChI is InChI=1S/C16H32N4O/c1-14-10-19-7-3-2-4-15(19)11-20(14)13-16(21)12-18-8-5-17-6-9-18/h14-17,21H,2-13H2,1H3. The number of piperidine rings is 1. The summed E-state index contributed by atoms with van der Waals surface area (Å²) in [6, 6.07) is 1.32. The molecule has 3 atom stereocenters. The molecule has 3 aliphatic rings. The van der Waals surface area contributed by atoms with Crippen LogP contribution in [0, 0.1) is 0 Å². The highest BCUT2D eigenvalue weighted by Gasteiger charge is 2.33. The summed E-state index contributed by atoms with van der Waals surface area (Å²) in [4.78, 5) is 7.59. The van der Waals surface area contributed by atoms with Crippen LogP contribution in [0.1, 0.15) is 26.2 Å². The van der Waals surface area contributed by atoms with Crippen LogP contribution >= 0.6 is 0 Å². The van der Waals surface area contributed by atoms with Gasteiger partial charge in [0, 0.05) is 64.4 Å². The van der Waals surface area contributed by atoms with E-state index in [0.29, 0.717) is 6.04 Å². The van der Waals surface area contributed by atoms with E-state index in [2.05, 4.69) is 26.9 Å². The number of nitrogens with one attached hydrogen (secondary N) is 1. The van der Waals surface area contributed by atoms with E-state index in [9.17, 15) is 5.11 Å². The van der Waals surface area contributed by atoms with Gasteiger partial charge in [0.15, 0.2) is 0 Å². The topological polar surface area (TPSA) is 42.0 Å². The summed E-state index contributed by atoms with van der Waals surface area (Å²) in [5.74, 6) is 0. The van der Waals surface area contributed by atoms with Crippen molar-refractivity contribution in [3.8, 4) is 0 Å². The van der Waals surface area contributed by atoms with Crippen molar-refractivity contribution in [2.75, 3.05) is 58.9 Å². The first kappa shape index (κ1) is 15.7. The third kappa shape index (κ3) is 4.17. The maximum atomic E-state index is 10.5. The lowest BCUT2D eigenvalue weighted by Gasteiger charge is -2.48. The fraction of sp³-hybridized carbons (Fsp3) is 1.00. The van der Waals surface area contributed by atoms with Crippen molar-refractivity contribution in [1.82, 2.24) is 20.0 Å². The van der Waals surface area contributed by atoms with Gasteiger partial charge in [-0.15, -0.1) is 0 Å². The molecule has 0 amide bonds. The zero-order valence-corrected chi connectivity index (χ0v) is 13.5. The molecule has 2 N–H and O–H groups in total. The summed E-state index contributed by atoms with van der Waals surface area (Å²) < 4.78 is 0. The summed E-state index contributed by atoms with van der Waals surface area (Å²) in [5, 5.41) is 13.8. The van der Waals surface area contributed by atoms with E-state index in [0.717, 1.165) is 51.9 Å². The Bertz CT molecular complexity index is 321. The Morgan fingerprint density at radius 1 is 1.10 bits per heavy atom. The Labute approximate surface area is 129 Å². The predicted molar refractivity (Wildman–Crippen MR) is 85.6 cm³/mol. The summed E-state index contributed by atoms with van der Waals surface area (Å²) in [6.07, 6.45) is 3.89. The third-order valence-electron chi connectivity index (χ3n) is 5.44. The second kappa shape index (κ2) is 7.38. The quantitative estimate of drug-likeness (QED) is 0.753. The molecule has 0 aromatic carbocycles. The molecule has 0 spiro atoms. The number of nitrogens with zero attached hydrogens (tertiary/aromatic N) is 3. The first-order chi connectivity index (χ1) is 10.2. The molecular formula is C16H32N4O. The molecule has 0 bridgehead atoms. The molecule has 3 saturated heterocycles. The van der Waals surface area contributed by atoms with E-state index in [4.69, 9.17) is 0 Å². The summed E-state index contributed by atoms with van der Waals surface area (Å²) >= 11 is 0. The molecule has 0 aromatic rings. The van der Waals surface area contributed by atoms with Crippen LogP contribution in [0.3, 0.4) is 0 Å². The number of β-amino-alcohol motifs (C(OH)–C–C–N with tert-alkyl or cyclic N) is 1. The Kier molecular flexibility index (Phi) is 5.51. The smallest absolute Gasteiger partial charge is 0.0793 e. The van der Waals surface area contributed by atoms with Crippen molar-refractivity contribution >= 4 is 0 Å². The summed E-state index contributed by atoms with van der Waals surface area (Å²) in [6.45, 7) is 11.9. The van der Waals surface area contributed by atoms with Gasteiger partial charge in [0.2, 0.25) is 0 Å². The van der Waals surface area contributed by atoms with Crippen LogP contribution in [0.2, 0.25) is 0 Å². The van der Waals surface area contributed by atoms with Crippen LogP contribution < -0.4 is 5.32 Å². The molecule has 3 aliphatic heterocycles. The second-order valence-electron chi connectivity index (χ2n) is 7.15. The fourth-order valence-corrected chi connectivity index (χ4v) is 4.19. The van der Waals surface area contributed by atoms with Gasteiger partial charge in [-0.2, -0.15) is 0 Å². The van der Waals surface area contributed by atoms with Gasteiger partial charge in [0.25, 0.3) is 0 Å². The SMILES string of the molecule is CC1CN2CCCCC2CN1CC(O)CN1CCNCC1. The number of piperazine rings is 2. The zero-order valence-electron chi connectivity index (χ0n) is 13.5. The highest BCUT2D eigenvalue weighted by Crippen LogP contribution is 2.24. The minimum Gasteiger partial charge on any atom is -0.390 e. The van der Waals surface area contributed by atoms with Crippen molar-refractivity contribution in [2.45, 2.75) is 44.4 Å². The van der Waals surface area contributed by atoms with Gasteiger partial charge < -0.3 is 10.4 Å². The van der Waals surface area contributed by atoms with E-state index in [1.807, 2.05) is 0 Å². The Morgan fingerprint density at radius 2 is 1.90 bits per heavy atom. The minimum atomic E-state index is -0.208. The highest BCUT2D eigenvalue weighted by atomic mass is 16.3. The van der Waals surface area contributed by atoms with Crippen molar-refractivity contribution in [3.05, 3.63) is 0 Å². The van der Waals surface area contributed by atoms with Gasteiger partial charge in [0.05, 0.1) is 6.10 Å². The normalized spacial score (nSPS) is 34.6. The van der Waals surface area contributed by atoms with Crippen molar-refractivity contribution in [2.24, 2.45) is 0 Å². The molecule has 0 aromatic heterocycles. The molecule has 0 radical (unpaired) electrons. The van der Waals surface area contributed by atoms with Crippen LogP contribution in [-0.4, -0.2) is 96.9 Å². The van der Waals surface area contributed by atoms with Crippen LogP contribution in [0.25, 0.3) is 0 Å². The fourth-order valence-electron chi connectivity index (χ4n) is 4.19. The second-order valence-corrected chi connectivity index (χ2v) is 7.15. The average molecular weight is 296 g/mol. The summed E-state index contributed by atoms with van der Waals surface area (Å²) in [5.41, 5.74) is 0. The zero-order chi connectivity index (χ0) is 14.7. The highest BCUT2D eigenvalue weighted by molar-refractivity contribution is 4.90. The van der Waals surface area contributed by atoms with E-state index >= 15 is 0 Å². The molecule has 0 aliphatic carbocycles. The van der Waals surface area contributed by atoms with Crippen LogP contribution in [0.5, 0.6) is 0 Å². The maximum Gasteiger partial charge on any atom is 0.0793 e. The predicted octanol–water partition coefficient (Wildman–Crippen LogP) is -0.189. The average Bonchev–Trinajstić information content (AvgIpc) is 2.49. The molecule has 3 rings (SSSR count). The lowest BCUT2D eigenvalue weighted by atomic mass is 9.97. The van der Waals surface area contributed by atoms with Gasteiger partial charge in [-0.25, -0.2) is 0 Å². The Morgan fingerprint density at radius 3 is 2.71 bits per heavy atom. The Balaban J connectivity index is 1.46. The van der Waals surface area contributed by atoms with Crippen LogP contribution in [0.15, 0.2) is 0 Å². The summed E-state index contributed by atoms with van der Waals surface area (Å²) in [7, 11) is 0. The molecule has 5 heteroatoms. The number of aliphatic hydroxyl groups is 1. The molecule has 3 heterocycles. The number of aliphatic hydroxyl groups excluding tert-OH is 1. The lowest BCUT2D eigenvalue weighted by Crippen LogP contribution is -2.60. The number of fused-ring (bicyclic) bond motifs is 1. The van der Waals surface area contributed by atoms with Gasteiger partial charge in [-0.05, 0) is 26.3 Å². The maximum absolute atomic E-state index is 10.5. The van der Waals surface area contributed by atoms with Gasteiger partial charge >= 0.3 is 0 Å². The lowest BCUT2D eigenvalue weighted by molar-refractivity contribution is -0.0139. The van der Waals surface area contributed by atoms with Crippen molar-refractivity contribution < 1.29 is 5.11 Å². The molecule has 3 unspecified atom stereocenters. The number of rotatable bonds is 4. The molecule has 3 fully saturated rings. The third-order valence-corrected chi connectivity index (χ3v) is 5.44. The molecule has 0 saturated carbocycles. The Hall–Kier alpha value is -0.200. The van der Waals surface area contributed by atoms with Crippen LogP contribution in [-0.2, 0) is 0 Å². The van der Waals surface area contributed by atoms with Crippen LogP contribution in [0.4, 0.5) is 0 Å². The first-order valence-electron chi connectivity index (χ1n) is 8.81. The number of hydrogen-bond donors (Lipinski definition) is 2. The van der Waals surface area contributed by atoms with Gasteiger partial charge in [-0.1, -0.05) is 6.42 Å². The number of hydrogen-bond acceptors (Lipinski definition) is 5. The van der Waals surface area contributed by atoms with Crippen molar-refractivity contribution in [1.29, 1.82) is 0 Å². The minimum absolute atomic E-state index is 0.208. The van der Waals surface area contributed by atoms with E-state index in [1.54, 1.807) is 0 Å². The van der Waals surface area contributed by atoms with Crippen molar-refractivity contribution in [3.63, 3.8) is 0 Å². The molecule has 5 nitrogen and oxygen atoms in total. The van der Waals surface area contributed by atoms with Gasteiger partial charge in [-0.3, -0.25) is 14.7 Å². The van der Waals surface area contributed by atoms with E-state index < -0.39 is 0 Å². The van der Waals surface area contributed by atoms with Gasteiger partial charge in [0.1, 0.15) is 0 Å². The molecule has 21 heavy (non-hydrogen) atoms. The van der Waals surface area contributed by atoms with E-state index in [-0.39, 0.29) is 6.10 Å². The first-order valence-corrected chi connectivity index (χ1v) is 8.81. The molecular weight excluding hydrogens is 264 g/mol. The largest absolute Gasteiger partial charge is 0.390 e. The molecule has 122 valence electrons. The van der Waals surface area contributed by atoms with E-state index in [1.165, 1.54) is 32.4 Å². The monoisotopic (exact) mass is 296 g/mol.